The molecule has 0 radical (unpaired) electrons. The van der Waals surface area contributed by atoms with Crippen molar-refractivity contribution in [3.8, 4) is 0 Å². The van der Waals surface area contributed by atoms with E-state index in [0.717, 1.165) is 20.2 Å². The summed E-state index contributed by atoms with van der Waals surface area (Å²) in [5.74, 6) is 0.605. The first-order chi connectivity index (χ1) is 7.09. The monoisotopic (exact) mass is 332 g/mol. The van der Waals surface area contributed by atoms with E-state index >= 15 is 0 Å². The predicted octanol–water partition coefficient (Wildman–Crippen LogP) is 3.59. The van der Waals surface area contributed by atoms with Gasteiger partial charge in [-0.25, -0.2) is 0 Å². The van der Waals surface area contributed by atoms with E-state index in [-0.39, 0.29) is 6.04 Å². The van der Waals surface area contributed by atoms with Crippen LogP contribution in [0.15, 0.2) is 21.1 Å². The van der Waals surface area contributed by atoms with Crippen molar-refractivity contribution in [2.75, 3.05) is 5.73 Å². The molecular formula is C11H14Br2N2. The lowest BCUT2D eigenvalue weighted by Gasteiger charge is -2.32. The average Bonchev–Trinajstić information content (AvgIpc) is 2.08. The Morgan fingerprint density at radius 3 is 2.47 bits per heavy atom. The lowest BCUT2D eigenvalue weighted by atomic mass is 9.77. The molecule has 0 aliphatic heterocycles. The molecule has 4 heteroatoms. The van der Waals surface area contributed by atoms with Gasteiger partial charge in [0.1, 0.15) is 0 Å². The lowest BCUT2D eigenvalue weighted by Crippen LogP contribution is -2.27. The summed E-state index contributed by atoms with van der Waals surface area (Å²) in [6, 6.07) is 4.06. The van der Waals surface area contributed by atoms with E-state index in [1.165, 1.54) is 19.3 Å². The van der Waals surface area contributed by atoms with Gasteiger partial charge in [-0.3, -0.25) is 0 Å². The maximum atomic E-state index is 6.22. The normalized spacial score (nSPS) is 18.6. The van der Waals surface area contributed by atoms with E-state index in [4.69, 9.17) is 11.5 Å². The number of benzene rings is 1. The van der Waals surface area contributed by atoms with Crippen LogP contribution in [0.4, 0.5) is 5.69 Å². The first kappa shape index (κ1) is 11.4. The fourth-order valence-corrected chi connectivity index (χ4v) is 3.19. The molecule has 15 heavy (non-hydrogen) atoms. The van der Waals surface area contributed by atoms with Gasteiger partial charge in [-0.1, -0.05) is 22.4 Å². The molecule has 1 saturated carbocycles. The van der Waals surface area contributed by atoms with Crippen LogP contribution in [0.2, 0.25) is 0 Å². The summed E-state index contributed by atoms with van der Waals surface area (Å²) in [5, 5.41) is 0. The van der Waals surface area contributed by atoms with E-state index in [1.54, 1.807) is 0 Å². The Balaban J connectivity index is 2.33. The van der Waals surface area contributed by atoms with Gasteiger partial charge in [-0.2, -0.15) is 0 Å². The van der Waals surface area contributed by atoms with Gasteiger partial charge in [0, 0.05) is 15.0 Å². The van der Waals surface area contributed by atoms with Crippen molar-refractivity contribution >= 4 is 37.5 Å². The van der Waals surface area contributed by atoms with Gasteiger partial charge in [0.05, 0.1) is 5.69 Å². The highest BCUT2D eigenvalue weighted by molar-refractivity contribution is 9.11. The van der Waals surface area contributed by atoms with Gasteiger partial charge >= 0.3 is 0 Å². The van der Waals surface area contributed by atoms with Crippen LogP contribution in [-0.2, 0) is 0 Å². The standard InChI is InChI=1S/C11H14Br2N2/c12-7-4-8(11(15)9(13)5-7)10(14)6-2-1-3-6/h4-6,10H,1-3,14-15H2/t10-/m0/s1. The number of rotatable bonds is 2. The molecule has 0 unspecified atom stereocenters. The Morgan fingerprint density at radius 2 is 1.93 bits per heavy atom. The summed E-state index contributed by atoms with van der Waals surface area (Å²) in [6.07, 6.45) is 3.75. The summed E-state index contributed by atoms with van der Waals surface area (Å²) < 4.78 is 1.94. The SMILES string of the molecule is Nc1c(Br)cc(Br)cc1[C@@H](N)C1CCC1. The van der Waals surface area contributed by atoms with Gasteiger partial charge in [-0.05, 0) is 52.4 Å². The van der Waals surface area contributed by atoms with E-state index in [1.807, 2.05) is 12.1 Å². The van der Waals surface area contributed by atoms with Gasteiger partial charge in [0.15, 0.2) is 0 Å². The highest BCUT2D eigenvalue weighted by Crippen LogP contribution is 2.40. The third-order valence-corrected chi connectivity index (χ3v) is 4.26. The highest BCUT2D eigenvalue weighted by atomic mass is 79.9. The number of nitrogen functional groups attached to an aromatic ring is 1. The second-order valence-electron chi connectivity index (χ2n) is 4.11. The first-order valence-corrected chi connectivity index (χ1v) is 6.68. The maximum Gasteiger partial charge on any atom is 0.0507 e. The zero-order valence-electron chi connectivity index (χ0n) is 8.34. The van der Waals surface area contributed by atoms with Crippen LogP contribution >= 0.6 is 31.9 Å². The van der Waals surface area contributed by atoms with Gasteiger partial charge in [0.25, 0.3) is 0 Å². The van der Waals surface area contributed by atoms with Crippen molar-refractivity contribution in [1.29, 1.82) is 0 Å². The quantitative estimate of drug-likeness (QED) is 0.812. The van der Waals surface area contributed by atoms with Crippen molar-refractivity contribution < 1.29 is 0 Å². The molecule has 2 nitrogen and oxygen atoms in total. The molecule has 1 atom stereocenters. The molecule has 1 fully saturated rings. The molecule has 0 bridgehead atoms. The summed E-state index contributed by atoms with van der Waals surface area (Å²) >= 11 is 6.91. The van der Waals surface area contributed by atoms with E-state index in [0.29, 0.717) is 5.92 Å². The number of halogens is 2. The van der Waals surface area contributed by atoms with Crippen LogP contribution in [-0.4, -0.2) is 0 Å². The summed E-state index contributed by atoms with van der Waals surface area (Å²) in [7, 11) is 0. The average molecular weight is 334 g/mol. The van der Waals surface area contributed by atoms with E-state index in [9.17, 15) is 0 Å². The van der Waals surface area contributed by atoms with Crippen molar-refractivity contribution in [3.63, 3.8) is 0 Å². The summed E-state index contributed by atoms with van der Waals surface area (Å²) in [5.41, 5.74) is 14.1. The molecule has 1 aromatic carbocycles. The molecule has 0 aromatic heterocycles. The third-order valence-electron chi connectivity index (χ3n) is 3.14. The van der Waals surface area contributed by atoms with Gasteiger partial charge in [-0.15, -0.1) is 0 Å². The van der Waals surface area contributed by atoms with Crippen LogP contribution in [0, 0.1) is 5.92 Å². The number of hydrogen-bond donors (Lipinski definition) is 2. The number of nitrogens with two attached hydrogens (primary N) is 2. The fourth-order valence-electron chi connectivity index (χ4n) is 1.93. The van der Waals surface area contributed by atoms with Crippen LogP contribution in [0.25, 0.3) is 0 Å². The smallest absolute Gasteiger partial charge is 0.0507 e. The number of hydrogen-bond acceptors (Lipinski definition) is 2. The van der Waals surface area contributed by atoms with Crippen LogP contribution in [0.1, 0.15) is 30.9 Å². The number of anilines is 1. The molecule has 1 aromatic rings. The molecule has 0 heterocycles. The molecular weight excluding hydrogens is 320 g/mol. The van der Waals surface area contributed by atoms with E-state index in [2.05, 4.69) is 31.9 Å². The van der Waals surface area contributed by atoms with Crippen LogP contribution in [0.3, 0.4) is 0 Å². The highest BCUT2D eigenvalue weighted by Gasteiger charge is 2.27. The molecule has 0 spiro atoms. The Kier molecular flexibility index (Phi) is 3.38. The largest absolute Gasteiger partial charge is 0.398 e. The maximum absolute atomic E-state index is 6.22. The fraction of sp³-hybridized carbons (Fsp3) is 0.455. The zero-order chi connectivity index (χ0) is 11.0. The molecule has 0 saturated heterocycles. The minimum absolute atomic E-state index is 0.0764. The molecule has 1 aliphatic rings. The van der Waals surface area contributed by atoms with Crippen molar-refractivity contribution in [2.24, 2.45) is 11.7 Å². The Labute approximate surface area is 107 Å². The van der Waals surface area contributed by atoms with Crippen LogP contribution in [0.5, 0.6) is 0 Å². The van der Waals surface area contributed by atoms with Crippen LogP contribution < -0.4 is 11.5 Å². The minimum Gasteiger partial charge on any atom is -0.398 e. The molecule has 4 N–H and O–H groups in total. The van der Waals surface area contributed by atoms with Gasteiger partial charge in [0.2, 0.25) is 0 Å². The second kappa shape index (κ2) is 4.44. The van der Waals surface area contributed by atoms with Gasteiger partial charge < -0.3 is 11.5 Å². The summed E-state index contributed by atoms with van der Waals surface area (Å²) in [6.45, 7) is 0. The zero-order valence-corrected chi connectivity index (χ0v) is 11.5. The van der Waals surface area contributed by atoms with Crippen molar-refractivity contribution in [2.45, 2.75) is 25.3 Å². The Hall–Kier alpha value is -0.0600. The predicted molar refractivity (Wildman–Crippen MR) is 70.5 cm³/mol. The lowest BCUT2D eigenvalue weighted by molar-refractivity contribution is 0.265. The third kappa shape index (κ3) is 2.22. The molecule has 2 rings (SSSR count). The second-order valence-corrected chi connectivity index (χ2v) is 5.88. The van der Waals surface area contributed by atoms with Crippen molar-refractivity contribution in [3.05, 3.63) is 26.6 Å². The van der Waals surface area contributed by atoms with E-state index < -0.39 is 0 Å². The molecule has 1 aliphatic carbocycles. The summed E-state index contributed by atoms with van der Waals surface area (Å²) in [4.78, 5) is 0. The first-order valence-electron chi connectivity index (χ1n) is 5.09. The minimum atomic E-state index is 0.0764. The Morgan fingerprint density at radius 1 is 1.27 bits per heavy atom. The molecule has 0 amide bonds. The Bertz CT molecular complexity index is 375. The molecule has 82 valence electrons. The van der Waals surface area contributed by atoms with Crippen molar-refractivity contribution in [1.82, 2.24) is 0 Å². The topological polar surface area (TPSA) is 52.0 Å².